The van der Waals surface area contributed by atoms with Gasteiger partial charge >= 0.3 is 0 Å². The summed E-state index contributed by atoms with van der Waals surface area (Å²) in [4.78, 5) is 0. The standard InChI is InChI=1S/C14H22BrNO/c1-9(2)13(10(3)16)8-11-7-12(17-4)5-6-14(11)15/h5-7,9-10,13H,8,16H2,1-4H3. The van der Waals surface area contributed by atoms with Gasteiger partial charge < -0.3 is 10.5 Å². The molecule has 0 saturated carbocycles. The van der Waals surface area contributed by atoms with Crippen LogP contribution in [0.4, 0.5) is 0 Å². The van der Waals surface area contributed by atoms with Gasteiger partial charge in [-0.1, -0.05) is 29.8 Å². The van der Waals surface area contributed by atoms with Gasteiger partial charge in [0.1, 0.15) is 5.75 Å². The minimum atomic E-state index is 0.202. The van der Waals surface area contributed by atoms with Crippen LogP contribution in [0.3, 0.4) is 0 Å². The number of benzene rings is 1. The highest BCUT2D eigenvalue weighted by atomic mass is 79.9. The average molecular weight is 300 g/mol. The molecule has 1 aromatic carbocycles. The summed E-state index contributed by atoms with van der Waals surface area (Å²) >= 11 is 3.59. The lowest BCUT2D eigenvalue weighted by Gasteiger charge is -2.25. The van der Waals surface area contributed by atoms with E-state index in [0.717, 1.165) is 16.6 Å². The van der Waals surface area contributed by atoms with Crippen LogP contribution in [0.25, 0.3) is 0 Å². The third-order valence-electron chi connectivity index (χ3n) is 3.24. The second-order valence-corrected chi connectivity index (χ2v) is 5.78. The Bertz CT molecular complexity index is 355. The molecule has 0 aliphatic carbocycles. The number of rotatable bonds is 5. The van der Waals surface area contributed by atoms with Crippen LogP contribution in [-0.2, 0) is 6.42 Å². The van der Waals surface area contributed by atoms with E-state index in [1.54, 1.807) is 7.11 Å². The Morgan fingerprint density at radius 3 is 2.41 bits per heavy atom. The molecule has 0 bridgehead atoms. The van der Waals surface area contributed by atoms with Gasteiger partial charge in [-0.2, -0.15) is 0 Å². The molecule has 0 radical (unpaired) electrons. The molecule has 0 fully saturated rings. The van der Waals surface area contributed by atoms with Crippen LogP contribution >= 0.6 is 15.9 Å². The molecule has 17 heavy (non-hydrogen) atoms. The summed E-state index contributed by atoms with van der Waals surface area (Å²) in [5, 5.41) is 0. The fourth-order valence-electron chi connectivity index (χ4n) is 2.12. The molecule has 2 N–H and O–H groups in total. The maximum atomic E-state index is 6.06. The summed E-state index contributed by atoms with van der Waals surface area (Å²) < 4.78 is 6.39. The minimum absolute atomic E-state index is 0.202. The monoisotopic (exact) mass is 299 g/mol. The summed E-state index contributed by atoms with van der Waals surface area (Å²) in [7, 11) is 1.69. The van der Waals surface area contributed by atoms with Crippen LogP contribution in [0.15, 0.2) is 22.7 Å². The van der Waals surface area contributed by atoms with Crippen LogP contribution in [0, 0.1) is 11.8 Å². The molecule has 0 aliphatic rings. The van der Waals surface area contributed by atoms with E-state index >= 15 is 0 Å². The number of ether oxygens (including phenoxy) is 1. The molecule has 1 rings (SSSR count). The SMILES string of the molecule is COc1ccc(Br)c(CC(C(C)C)C(C)N)c1. The second kappa shape index (κ2) is 6.41. The quantitative estimate of drug-likeness (QED) is 0.901. The summed E-state index contributed by atoms with van der Waals surface area (Å²) in [6, 6.07) is 6.28. The van der Waals surface area contributed by atoms with Crippen molar-refractivity contribution in [2.75, 3.05) is 7.11 Å². The predicted molar refractivity (Wildman–Crippen MR) is 76.4 cm³/mol. The van der Waals surface area contributed by atoms with Crippen LogP contribution in [-0.4, -0.2) is 13.2 Å². The maximum absolute atomic E-state index is 6.06. The van der Waals surface area contributed by atoms with Crippen LogP contribution in [0.1, 0.15) is 26.3 Å². The van der Waals surface area contributed by atoms with Crippen molar-refractivity contribution >= 4 is 15.9 Å². The summed E-state index contributed by atoms with van der Waals surface area (Å²) in [5.41, 5.74) is 7.32. The fourth-order valence-corrected chi connectivity index (χ4v) is 2.53. The van der Waals surface area contributed by atoms with E-state index in [0.29, 0.717) is 11.8 Å². The Balaban J connectivity index is 2.92. The number of nitrogens with two attached hydrogens (primary N) is 1. The van der Waals surface area contributed by atoms with Gasteiger partial charge in [0.2, 0.25) is 0 Å². The first-order valence-electron chi connectivity index (χ1n) is 6.03. The highest BCUT2D eigenvalue weighted by Crippen LogP contribution is 2.28. The van der Waals surface area contributed by atoms with Gasteiger partial charge in [-0.3, -0.25) is 0 Å². The van der Waals surface area contributed by atoms with Crippen molar-refractivity contribution in [3.05, 3.63) is 28.2 Å². The molecule has 0 aromatic heterocycles. The minimum Gasteiger partial charge on any atom is -0.497 e. The summed E-state index contributed by atoms with van der Waals surface area (Å²) in [6.45, 7) is 6.53. The molecule has 0 saturated heterocycles. The number of methoxy groups -OCH3 is 1. The first kappa shape index (κ1) is 14.5. The fraction of sp³-hybridized carbons (Fsp3) is 0.571. The van der Waals surface area contributed by atoms with Crippen molar-refractivity contribution in [1.29, 1.82) is 0 Å². The Morgan fingerprint density at radius 1 is 1.29 bits per heavy atom. The zero-order valence-electron chi connectivity index (χ0n) is 11.0. The molecule has 0 aliphatic heterocycles. The molecule has 96 valence electrons. The Kier molecular flexibility index (Phi) is 5.47. The molecule has 2 unspecified atom stereocenters. The normalized spacial score (nSPS) is 14.8. The number of hydrogen-bond acceptors (Lipinski definition) is 2. The molecule has 1 aromatic rings. The predicted octanol–water partition coefficient (Wildman–Crippen LogP) is 3.62. The van der Waals surface area contributed by atoms with E-state index in [-0.39, 0.29) is 6.04 Å². The topological polar surface area (TPSA) is 35.2 Å². The lowest BCUT2D eigenvalue weighted by atomic mass is 9.84. The molecule has 0 heterocycles. The van der Waals surface area contributed by atoms with Crippen molar-refractivity contribution in [3.63, 3.8) is 0 Å². The number of halogens is 1. The molecule has 2 atom stereocenters. The molecular weight excluding hydrogens is 278 g/mol. The lowest BCUT2D eigenvalue weighted by Crippen LogP contribution is -2.32. The van der Waals surface area contributed by atoms with E-state index in [9.17, 15) is 0 Å². The molecule has 0 spiro atoms. The zero-order valence-corrected chi connectivity index (χ0v) is 12.6. The van der Waals surface area contributed by atoms with Crippen LogP contribution in [0.5, 0.6) is 5.75 Å². The third-order valence-corrected chi connectivity index (χ3v) is 4.01. The summed E-state index contributed by atoms with van der Waals surface area (Å²) in [5.74, 6) is 1.96. The van der Waals surface area contributed by atoms with Gasteiger partial charge in [-0.25, -0.2) is 0 Å². The first-order chi connectivity index (χ1) is 7.95. The van der Waals surface area contributed by atoms with Crippen LogP contribution in [0.2, 0.25) is 0 Å². The Hall–Kier alpha value is -0.540. The lowest BCUT2D eigenvalue weighted by molar-refractivity contribution is 0.329. The van der Waals surface area contributed by atoms with Gasteiger partial charge in [0.15, 0.2) is 0 Å². The van der Waals surface area contributed by atoms with Gasteiger partial charge in [0, 0.05) is 10.5 Å². The highest BCUT2D eigenvalue weighted by molar-refractivity contribution is 9.10. The van der Waals surface area contributed by atoms with Crippen molar-refractivity contribution in [2.24, 2.45) is 17.6 Å². The van der Waals surface area contributed by atoms with E-state index in [1.165, 1.54) is 5.56 Å². The highest BCUT2D eigenvalue weighted by Gasteiger charge is 2.19. The van der Waals surface area contributed by atoms with E-state index in [4.69, 9.17) is 10.5 Å². The van der Waals surface area contributed by atoms with Crippen molar-refractivity contribution in [3.8, 4) is 5.75 Å². The molecule has 3 heteroatoms. The van der Waals surface area contributed by atoms with Crippen molar-refractivity contribution < 1.29 is 4.74 Å². The smallest absolute Gasteiger partial charge is 0.119 e. The third kappa shape index (κ3) is 4.00. The van der Waals surface area contributed by atoms with Gasteiger partial charge in [-0.15, -0.1) is 0 Å². The van der Waals surface area contributed by atoms with E-state index < -0.39 is 0 Å². The van der Waals surface area contributed by atoms with Crippen molar-refractivity contribution in [1.82, 2.24) is 0 Å². The Morgan fingerprint density at radius 2 is 1.94 bits per heavy atom. The number of hydrogen-bond donors (Lipinski definition) is 1. The first-order valence-corrected chi connectivity index (χ1v) is 6.83. The van der Waals surface area contributed by atoms with Crippen LogP contribution < -0.4 is 10.5 Å². The molecule has 0 amide bonds. The Labute approximate surface area is 113 Å². The largest absolute Gasteiger partial charge is 0.497 e. The maximum Gasteiger partial charge on any atom is 0.119 e. The molecular formula is C14H22BrNO. The van der Waals surface area contributed by atoms with Gasteiger partial charge in [0.05, 0.1) is 7.11 Å². The van der Waals surface area contributed by atoms with Gasteiger partial charge in [0.25, 0.3) is 0 Å². The van der Waals surface area contributed by atoms with E-state index in [1.807, 2.05) is 12.1 Å². The van der Waals surface area contributed by atoms with E-state index in [2.05, 4.69) is 42.8 Å². The van der Waals surface area contributed by atoms with Crippen molar-refractivity contribution in [2.45, 2.75) is 33.2 Å². The molecule has 2 nitrogen and oxygen atoms in total. The van der Waals surface area contributed by atoms with Gasteiger partial charge in [-0.05, 0) is 48.9 Å². The zero-order chi connectivity index (χ0) is 13.0. The second-order valence-electron chi connectivity index (χ2n) is 4.93. The summed E-state index contributed by atoms with van der Waals surface area (Å²) in [6.07, 6.45) is 0.979. The average Bonchev–Trinajstić information content (AvgIpc) is 2.27.